The number of pyridine rings is 1. The minimum Gasteiger partial charge on any atom is -0.378 e. The zero-order chi connectivity index (χ0) is 13.8. The molecule has 0 unspecified atom stereocenters. The van der Waals surface area contributed by atoms with Gasteiger partial charge in [0.1, 0.15) is 0 Å². The molecule has 1 aromatic carbocycles. The molecule has 98 valence electrons. The highest BCUT2D eigenvalue weighted by Gasteiger charge is 2.13. The maximum absolute atomic E-state index is 10.9. The van der Waals surface area contributed by atoms with Gasteiger partial charge in [0.15, 0.2) is 5.15 Å². The summed E-state index contributed by atoms with van der Waals surface area (Å²) in [5.41, 5.74) is 1.27. The van der Waals surface area contributed by atoms with Gasteiger partial charge in [0.25, 0.3) is 5.69 Å². The van der Waals surface area contributed by atoms with Crippen molar-refractivity contribution < 1.29 is 4.92 Å². The average molecular weight is 343 g/mol. The number of nitrogens with zero attached hydrogens (tertiary/aromatic N) is 2. The molecule has 0 atom stereocenters. The molecule has 0 aliphatic rings. The van der Waals surface area contributed by atoms with Crippen LogP contribution in [0.25, 0.3) is 0 Å². The molecule has 2 rings (SSSR count). The van der Waals surface area contributed by atoms with E-state index >= 15 is 0 Å². The summed E-state index contributed by atoms with van der Waals surface area (Å²) in [4.78, 5) is 14.5. The minimum absolute atomic E-state index is 0.0655. The summed E-state index contributed by atoms with van der Waals surface area (Å²) in [6.07, 6.45) is 1.58. The molecule has 0 aliphatic carbocycles. The lowest BCUT2D eigenvalue weighted by Gasteiger charge is -2.08. The Balaban J connectivity index is 2.22. The molecule has 1 heterocycles. The Hall–Kier alpha value is -1.66. The second-order valence-corrected chi connectivity index (χ2v) is 5.00. The fourth-order valence-corrected chi connectivity index (χ4v) is 2.18. The van der Waals surface area contributed by atoms with Crippen LogP contribution in [-0.4, -0.2) is 9.91 Å². The summed E-state index contributed by atoms with van der Waals surface area (Å²) in [5.74, 6) is 0. The molecule has 0 bridgehead atoms. The summed E-state index contributed by atoms with van der Waals surface area (Å²) in [6, 6.07) is 8.31. The number of aromatic nitrogens is 1. The maximum Gasteiger partial charge on any atom is 0.274 e. The average Bonchev–Trinajstić information content (AvgIpc) is 2.37. The summed E-state index contributed by atoms with van der Waals surface area (Å²) in [5, 5.41) is 14.3. The first-order chi connectivity index (χ1) is 9.08. The highest BCUT2D eigenvalue weighted by molar-refractivity contribution is 9.10. The van der Waals surface area contributed by atoms with Crippen molar-refractivity contribution in [2.75, 3.05) is 5.32 Å². The molecule has 0 amide bonds. The third-order valence-electron chi connectivity index (χ3n) is 2.47. The van der Waals surface area contributed by atoms with Gasteiger partial charge in [-0.1, -0.05) is 27.5 Å². The van der Waals surface area contributed by atoms with Gasteiger partial charge in [0.2, 0.25) is 0 Å². The Morgan fingerprint density at radius 1 is 1.42 bits per heavy atom. The normalized spacial score (nSPS) is 10.2. The highest BCUT2D eigenvalue weighted by atomic mass is 79.9. The van der Waals surface area contributed by atoms with E-state index in [4.69, 9.17) is 11.6 Å². The predicted octanol–water partition coefficient (Wildman–Crippen LogP) is 4.02. The van der Waals surface area contributed by atoms with Crippen LogP contribution in [0.2, 0.25) is 5.15 Å². The van der Waals surface area contributed by atoms with Crippen LogP contribution in [0.3, 0.4) is 0 Å². The first-order valence-corrected chi connectivity index (χ1v) is 6.52. The molecule has 5 nitrogen and oxygen atoms in total. The smallest absolute Gasteiger partial charge is 0.274 e. The molecule has 19 heavy (non-hydrogen) atoms. The van der Waals surface area contributed by atoms with Crippen LogP contribution in [0.4, 0.5) is 11.4 Å². The van der Waals surface area contributed by atoms with Crippen molar-refractivity contribution >= 4 is 38.9 Å². The maximum atomic E-state index is 10.9. The zero-order valence-electron chi connectivity index (χ0n) is 9.64. The molecule has 1 aromatic heterocycles. The lowest BCUT2D eigenvalue weighted by Crippen LogP contribution is -2.04. The van der Waals surface area contributed by atoms with Crippen molar-refractivity contribution in [2.24, 2.45) is 0 Å². The van der Waals surface area contributed by atoms with Crippen molar-refractivity contribution in [1.82, 2.24) is 4.98 Å². The minimum atomic E-state index is -0.408. The van der Waals surface area contributed by atoms with Crippen LogP contribution >= 0.6 is 27.5 Å². The number of nitro groups is 1. The molecule has 1 N–H and O–H groups in total. The molecular formula is C12H9BrClN3O2. The van der Waals surface area contributed by atoms with Gasteiger partial charge in [-0.25, -0.2) is 4.98 Å². The van der Waals surface area contributed by atoms with Gasteiger partial charge < -0.3 is 5.32 Å². The molecule has 0 saturated carbocycles. The Morgan fingerprint density at radius 2 is 2.21 bits per heavy atom. The standard InChI is InChI=1S/C12H9BrClN3O2/c13-9-3-4-11(17(18)19)8(6-9)7-16-10-2-1-5-15-12(10)14/h1-6,16H,7H2. The number of halogens is 2. The van der Waals surface area contributed by atoms with Crippen LogP contribution in [0, 0.1) is 10.1 Å². The van der Waals surface area contributed by atoms with Crippen LogP contribution in [0.15, 0.2) is 41.0 Å². The van der Waals surface area contributed by atoms with Crippen LogP contribution in [-0.2, 0) is 6.54 Å². The fraction of sp³-hybridized carbons (Fsp3) is 0.0833. The topological polar surface area (TPSA) is 68.1 Å². The summed E-state index contributed by atoms with van der Waals surface area (Å²) >= 11 is 9.20. The van der Waals surface area contributed by atoms with Crippen LogP contribution < -0.4 is 5.32 Å². The van der Waals surface area contributed by atoms with Gasteiger partial charge in [-0.15, -0.1) is 0 Å². The van der Waals surface area contributed by atoms with Crippen LogP contribution in [0.1, 0.15) is 5.56 Å². The van der Waals surface area contributed by atoms with Crippen LogP contribution in [0.5, 0.6) is 0 Å². The van der Waals surface area contributed by atoms with Crippen molar-refractivity contribution in [3.05, 3.63) is 61.8 Å². The Labute approximate surface area is 122 Å². The Morgan fingerprint density at radius 3 is 2.89 bits per heavy atom. The van der Waals surface area contributed by atoms with E-state index in [1.165, 1.54) is 6.07 Å². The van der Waals surface area contributed by atoms with Gasteiger partial charge in [-0.3, -0.25) is 10.1 Å². The van der Waals surface area contributed by atoms with Gasteiger partial charge >= 0.3 is 0 Å². The number of rotatable bonds is 4. The monoisotopic (exact) mass is 341 g/mol. The number of hydrogen-bond acceptors (Lipinski definition) is 4. The van der Waals surface area contributed by atoms with E-state index in [0.29, 0.717) is 22.9 Å². The molecular weight excluding hydrogens is 334 g/mol. The first kappa shape index (κ1) is 13.8. The second-order valence-electron chi connectivity index (χ2n) is 3.73. The fourth-order valence-electron chi connectivity index (χ4n) is 1.58. The second kappa shape index (κ2) is 5.99. The van der Waals surface area contributed by atoms with E-state index in [-0.39, 0.29) is 5.69 Å². The molecule has 2 aromatic rings. The molecule has 0 radical (unpaired) electrons. The van der Waals surface area contributed by atoms with E-state index < -0.39 is 4.92 Å². The van der Waals surface area contributed by atoms with Gasteiger partial charge in [-0.2, -0.15) is 0 Å². The summed E-state index contributed by atoms with van der Waals surface area (Å²) in [6.45, 7) is 0.293. The molecule has 0 aliphatic heterocycles. The molecule has 0 spiro atoms. The zero-order valence-corrected chi connectivity index (χ0v) is 12.0. The number of benzene rings is 1. The van der Waals surface area contributed by atoms with E-state index in [1.807, 2.05) is 0 Å². The lowest BCUT2D eigenvalue weighted by atomic mass is 10.2. The lowest BCUT2D eigenvalue weighted by molar-refractivity contribution is -0.385. The number of nitrogens with one attached hydrogen (secondary N) is 1. The van der Waals surface area contributed by atoms with E-state index in [2.05, 4.69) is 26.2 Å². The summed E-state index contributed by atoms with van der Waals surface area (Å²) < 4.78 is 0.784. The van der Waals surface area contributed by atoms with Crippen molar-refractivity contribution in [1.29, 1.82) is 0 Å². The van der Waals surface area contributed by atoms with Gasteiger partial charge in [0.05, 0.1) is 10.6 Å². The summed E-state index contributed by atoms with van der Waals surface area (Å²) in [7, 11) is 0. The van der Waals surface area contributed by atoms with E-state index in [1.54, 1.807) is 30.5 Å². The van der Waals surface area contributed by atoms with Crippen molar-refractivity contribution in [3.63, 3.8) is 0 Å². The molecule has 0 saturated heterocycles. The van der Waals surface area contributed by atoms with E-state index in [9.17, 15) is 10.1 Å². The first-order valence-electron chi connectivity index (χ1n) is 5.35. The number of hydrogen-bond donors (Lipinski definition) is 1. The SMILES string of the molecule is O=[N+]([O-])c1ccc(Br)cc1CNc1cccnc1Cl. The Kier molecular flexibility index (Phi) is 4.34. The van der Waals surface area contributed by atoms with Gasteiger partial charge in [-0.05, 0) is 24.3 Å². The quantitative estimate of drug-likeness (QED) is 0.518. The van der Waals surface area contributed by atoms with Crippen molar-refractivity contribution in [3.8, 4) is 0 Å². The molecule has 0 fully saturated rings. The number of anilines is 1. The number of nitro benzene ring substituents is 1. The van der Waals surface area contributed by atoms with Crippen molar-refractivity contribution in [2.45, 2.75) is 6.54 Å². The third kappa shape index (κ3) is 3.42. The highest BCUT2D eigenvalue weighted by Crippen LogP contribution is 2.25. The van der Waals surface area contributed by atoms with Gasteiger partial charge in [0, 0.05) is 28.8 Å². The largest absolute Gasteiger partial charge is 0.378 e. The molecule has 7 heteroatoms. The van der Waals surface area contributed by atoms with E-state index in [0.717, 1.165) is 4.47 Å². The Bertz CT molecular complexity index is 622. The predicted molar refractivity (Wildman–Crippen MR) is 77.4 cm³/mol. The third-order valence-corrected chi connectivity index (χ3v) is 3.26.